The summed E-state index contributed by atoms with van der Waals surface area (Å²) in [6, 6.07) is 0. The van der Waals surface area contributed by atoms with Gasteiger partial charge in [-0.2, -0.15) is 0 Å². The molecular weight excluding hydrogens is 408 g/mol. The Kier molecular flexibility index (Phi) is 31.0. The molecule has 1 atom stereocenters. The van der Waals surface area contributed by atoms with Gasteiger partial charge in [-0.25, -0.2) is 0 Å². The zero-order valence-corrected chi connectivity index (χ0v) is 24.8. The molecule has 0 radical (unpaired) electrons. The van der Waals surface area contributed by atoms with Gasteiger partial charge in [0.1, 0.15) is 0 Å². The summed E-state index contributed by atoms with van der Waals surface area (Å²) >= 11 is 0. The van der Waals surface area contributed by atoms with Crippen molar-refractivity contribution in [3.63, 3.8) is 0 Å². The van der Waals surface area contributed by atoms with Gasteiger partial charge >= 0.3 is 0 Å². The summed E-state index contributed by atoms with van der Waals surface area (Å²) in [4.78, 5) is 0. The first-order valence-electron chi connectivity index (χ1n) is 16.8. The van der Waals surface area contributed by atoms with Crippen LogP contribution in [0.4, 0.5) is 0 Å². The topological polar surface area (TPSA) is 0 Å². The highest BCUT2D eigenvalue weighted by molar-refractivity contribution is 4.56. The molecule has 0 aromatic carbocycles. The molecule has 0 amide bonds. The van der Waals surface area contributed by atoms with E-state index in [1.807, 2.05) is 0 Å². The first-order chi connectivity index (χ1) is 16.8. The fourth-order valence-electron chi connectivity index (χ4n) is 5.52. The fraction of sp³-hybridized carbons (Fsp3) is 1.00. The lowest BCUT2D eigenvalue weighted by molar-refractivity contribution is 0.430. The largest absolute Gasteiger partial charge is 0.0654 e. The molecule has 34 heavy (non-hydrogen) atoms. The maximum Gasteiger partial charge on any atom is -0.0443 e. The molecule has 0 aromatic heterocycles. The minimum absolute atomic E-state index is 0.968. The highest BCUT2D eigenvalue weighted by atomic mass is 14.1. The zero-order valence-electron chi connectivity index (χ0n) is 24.8. The summed E-state index contributed by atoms with van der Waals surface area (Å²) < 4.78 is 0. The lowest BCUT2D eigenvalue weighted by atomic mass is 9.95. The second kappa shape index (κ2) is 31.0. The van der Waals surface area contributed by atoms with Crippen molar-refractivity contribution >= 4 is 0 Å². The minimum atomic E-state index is 0.968. The van der Waals surface area contributed by atoms with Gasteiger partial charge in [-0.1, -0.05) is 213 Å². The smallest absolute Gasteiger partial charge is 0.0443 e. The van der Waals surface area contributed by atoms with E-state index in [1.165, 1.54) is 193 Å². The van der Waals surface area contributed by atoms with Gasteiger partial charge in [-0.05, 0) is 5.92 Å². The van der Waals surface area contributed by atoms with Crippen LogP contribution >= 0.6 is 0 Å². The predicted molar refractivity (Wildman–Crippen MR) is 159 cm³/mol. The lowest BCUT2D eigenvalue weighted by Crippen LogP contribution is -1.95. The molecular formula is C34H70. The summed E-state index contributed by atoms with van der Waals surface area (Å²) in [6.07, 6.45) is 44.3. The summed E-state index contributed by atoms with van der Waals surface area (Å²) in [5.74, 6) is 0.968. The van der Waals surface area contributed by atoms with E-state index in [0.717, 1.165) is 5.92 Å². The first-order valence-corrected chi connectivity index (χ1v) is 16.8. The third-order valence-corrected chi connectivity index (χ3v) is 8.10. The van der Waals surface area contributed by atoms with Gasteiger partial charge in [0.25, 0.3) is 0 Å². The van der Waals surface area contributed by atoms with E-state index >= 15 is 0 Å². The maximum absolute atomic E-state index is 2.50. The Morgan fingerprint density at radius 1 is 0.265 bits per heavy atom. The van der Waals surface area contributed by atoms with Crippen molar-refractivity contribution in [2.75, 3.05) is 0 Å². The first kappa shape index (κ1) is 34.0. The molecule has 0 fully saturated rings. The van der Waals surface area contributed by atoms with E-state index in [9.17, 15) is 0 Å². The van der Waals surface area contributed by atoms with Crippen molar-refractivity contribution in [3.05, 3.63) is 0 Å². The van der Waals surface area contributed by atoms with E-state index in [4.69, 9.17) is 0 Å². The number of hydrogen-bond acceptors (Lipinski definition) is 0. The van der Waals surface area contributed by atoms with Gasteiger partial charge in [-0.15, -0.1) is 0 Å². The predicted octanol–water partition coefficient (Wildman–Crippen LogP) is 13.4. The molecule has 0 nitrogen and oxygen atoms in total. The monoisotopic (exact) mass is 479 g/mol. The van der Waals surface area contributed by atoms with E-state index < -0.39 is 0 Å². The number of hydrogen-bond donors (Lipinski definition) is 0. The van der Waals surface area contributed by atoms with E-state index in [-0.39, 0.29) is 0 Å². The van der Waals surface area contributed by atoms with Gasteiger partial charge in [-0.3, -0.25) is 0 Å². The Morgan fingerprint density at radius 2 is 0.441 bits per heavy atom. The molecule has 0 aliphatic heterocycles. The molecule has 0 spiro atoms. The summed E-state index contributed by atoms with van der Waals surface area (Å²) in [5.41, 5.74) is 0. The number of rotatable bonds is 30. The third kappa shape index (κ3) is 30.0. The van der Waals surface area contributed by atoms with Crippen molar-refractivity contribution in [1.29, 1.82) is 0 Å². The van der Waals surface area contributed by atoms with Gasteiger partial charge in [0.15, 0.2) is 0 Å². The minimum Gasteiger partial charge on any atom is -0.0654 e. The summed E-state index contributed by atoms with van der Waals surface area (Å²) in [7, 11) is 0. The van der Waals surface area contributed by atoms with Gasteiger partial charge in [0.2, 0.25) is 0 Å². The second-order valence-electron chi connectivity index (χ2n) is 11.9. The standard InChI is InChI=1S/C34H70/c1-4-6-8-10-12-14-15-16-17-18-19-20-21-22-23-24-25-27-29-31-33-34(3)32-30-28-26-13-11-9-7-5-2/h34H,4-33H2,1-3H3. The average Bonchev–Trinajstić information content (AvgIpc) is 2.84. The third-order valence-electron chi connectivity index (χ3n) is 8.10. The molecule has 0 heterocycles. The highest BCUT2D eigenvalue weighted by Crippen LogP contribution is 2.19. The van der Waals surface area contributed by atoms with Gasteiger partial charge < -0.3 is 0 Å². The molecule has 206 valence electrons. The quantitative estimate of drug-likeness (QED) is 0.0900. The molecule has 0 aliphatic carbocycles. The van der Waals surface area contributed by atoms with Crippen LogP contribution in [0.3, 0.4) is 0 Å². The lowest BCUT2D eigenvalue weighted by Gasteiger charge is -2.11. The average molecular weight is 479 g/mol. The van der Waals surface area contributed by atoms with Crippen molar-refractivity contribution in [1.82, 2.24) is 0 Å². The van der Waals surface area contributed by atoms with Gasteiger partial charge in [0, 0.05) is 0 Å². The van der Waals surface area contributed by atoms with Crippen molar-refractivity contribution in [2.24, 2.45) is 5.92 Å². The van der Waals surface area contributed by atoms with Crippen LogP contribution in [0.2, 0.25) is 0 Å². The van der Waals surface area contributed by atoms with E-state index in [0.29, 0.717) is 0 Å². The van der Waals surface area contributed by atoms with Crippen LogP contribution in [-0.2, 0) is 0 Å². The van der Waals surface area contributed by atoms with Crippen LogP contribution in [0.15, 0.2) is 0 Å². The SMILES string of the molecule is CCCCCCCCCCCCCCCCCCCCCCC(C)CCCCCCCCCC. The van der Waals surface area contributed by atoms with E-state index in [2.05, 4.69) is 20.8 Å². The Hall–Kier alpha value is 0. The molecule has 0 heteroatoms. The zero-order chi connectivity index (χ0) is 24.8. The van der Waals surface area contributed by atoms with Crippen LogP contribution in [0, 0.1) is 5.92 Å². The van der Waals surface area contributed by atoms with Crippen molar-refractivity contribution < 1.29 is 0 Å². The molecule has 0 aromatic rings. The Bertz CT molecular complexity index is 333. The fourth-order valence-corrected chi connectivity index (χ4v) is 5.52. The molecule has 0 aliphatic rings. The van der Waals surface area contributed by atoms with Crippen LogP contribution in [-0.4, -0.2) is 0 Å². The molecule has 0 bridgehead atoms. The molecule has 0 saturated heterocycles. The Morgan fingerprint density at radius 3 is 0.647 bits per heavy atom. The Balaban J connectivity index is 3.10. The molecule has 0 saturated carbocycles. The molecule has 1 unspecified atom stereocenters. The Labute approximate surface area is 219 Å². The highest BCUT2D eigenvalue weighted by Gasteiger charge is 2.02. The van der Waals surface area contributed by atoms with Crippen LogP contribution in [0.5, 0.6) is 0 Å². The van der Waals surface area contributed by atoms with Crippen molar-refractivity contribution in [2.45, 2.75) is 213 Å². The summed E-state index contributed by atoms with van der Waals surface area (Å²) in [6.45, 7) is 7.11. The molecule has 0 rings (SSSR count). The summed E-state index contributed by atoms with van der Waals surface area (Å²) in [5, 5.41) is 0. The van der Waals surface area contributed by atoms with Crippen LogP contribution in [0.25, 0.3) is 0 Å². The van der Waals surface area contributed by atoms with Crippen LogP contribution < -0.4 is 0 Å². The van der Waals surface area contributed by atoms with E-state index in [1.54, 1.807) is 0 Å². The van der Waals surface area contributed by atoms with Gasteiger partial charge in [0.05, 0.1) is 0 Å². The maximum atomic E-state index is 2.50. The van der Waals surface area contributed by atoms with Crippen LogP contribution in [0.1, 0.15) is 213 Å². The second-order valence-corrected chi connectivity index (χ2v) is 11.9. The normalized spacial score (nSPS) is 12.4. The van der Waals surface area contributed by atoms with Crippen molar-refractivity contribution in [3.8, 4) is 0 Å². The number of unbranched alkanes of at least 4 members (excludes halogenated alkanes) is 26. The molecule has 0 N–H and O–H groups in total.